The molecule has 3 aromatic rings. The van der Waals surface area contributed by atoms with Crippen LogP contribution in [-0.4, -0.2) is 36.0 Å². The SMILES string of the molecule is COC(=O)c1ccccc1N(C)c1ncnc(NNC(=O)c2ccc(C)cc2)c1N. The first-order chi connectivity index (χ1) is 14.4. The predicted molar refractivity (Wildman–Crippen MR) is 115 cm³/mol. The Kier molecular flexibility index (Phi) is 6.11. The van der Waals surface area contributed by atoms with Crippen LogP contribution in [0.25, 0.3) is 0 Å². The van der Waals surface area contributed by atoms with Gasteiger partial charge in [0.05, 0.1) is 18.4 Å². The molecule has 0 atom stereocenters. The molecular formula is C21H22N6O3. The zero-order valence-corrected chi connectivity index (χ0v) is 16.8. The highest BCUT2D eigenvalue weighted by Gasteiger charge is 2.19. The Bertz CT molecular complexity index is 1070. The highest BCUT2D eigenvalue weighted by atomic mass is 16.5. The molecule has 9 nitrogen and oxygen atoms in total. The van der Waals surface area contributed by atoms with Crippen LogP contribution < -0.4 is 21.5 Å². The van der Waals surface area contributed by atoms with E-state index in [0.29, 0.717) is 22.6 Å². The molecule has 0 aliphatic carbocycles. The zero-order chi connectivity index (χ0) is 21.7. The molecule has 0 spiro atoms. The Morgan fingerprint density at radius 3 is 2.47 bits per heavy atom. The van der Waals surface area contributed by atoms with Crippen LogP contribution in [-0.2, 0) is 4.74 Å². The van der Waals surface area contributed by atoms with Crippen LogP contribution in [0.2, 0.25) is 0 Å². The van der Waals surface area contributed by atoms with Gasteiger partial charge in [0.1, 0.15) is 12.0 Å². The number of ether oxygens (including phenoxy) is 1. The third kappa shape index (κ3) is 4.30. The number of nitrogens with two attached hydrogens (primary N) is 1. The number of hydrogen-bond donors (Lipinski definition) is 3. The number of carbonyl (C=O) groups is 2. The Morgan fingerprint density at radius 2 is 1.77 bits per heavy atom. The first-order valence-corrected chi connectivity index (χ1v) is 9.07. The van der Waals surface area contributed by atoms with Crippen LogP contribution in [0.15, 0.2) is 54.9 Å². The molecule has 0 unspecified atom stereocenters. The lowest BCUT2D eigenvalue weighted by Gasteiger charge is -2.23. The summed E-state index contributed by atoms with van der Waals surface area (Å²) in [6, 6.07) is 14.1. The molecule has 0 aliphatic heterocycles. The molecule has 0 bridgehead atoms. The second-order valence-electron chi connectivity index (χ2n) is 6.47. The second kappa shape index (κ2) is 8.91. The maximum Gasteiger partial charge on any atom is 0.339 e. The molecule has 30 heavy (non-hydrogen) atoms. The van der Waals surface area contributed by atoms with E-state index >= 15 is 0 Å². The number of methoxy groups -OCH3 is 1. The Labute approximate surface area is 173 Å². The van der Waals surface area contributed by atoms with Crippen molar-refractivity contribution in [3.05, 3.63) is 71.5 Å². The van der Waals surface area contributed by atoms with E-state index in [0.717, 1.165) is 5.56 Å². The molecule has 1 aromatic heterocycles. The van der Waals surface area contributed by atoms with E-state index in [-0.39, 0.29) is 17.4 Å². The maximum atomic E-state index is 12.3. The number of anilines is 4. The lowest BCUT2D eigenvalue weighted by Crippen LogP contribution is -2.30. The van der Waals surface area contributed by atoms with E-state index < -0.39 is 5.97 Å². The number of aromatic nitrogens is 2. The fraction of sp³-hybridized carbons (Fsp3) is 0.143. The van der Waals surface area contributed by atoms with Gasteiger partial charge in [0, 0.05) is 12.6 Å². The average molecular weight is 406 g/mol. The van der Waals surface area contributed by atoms with E-state index in [2.05, 4.69) is 20.8 Å². The van der Waals surface area contributed by atoms with Crippen molar-refractivity contribution in [3.63, 3.8) is 0 Å². The number of esters is 1. The summed E-state index contributed by atoms with van der Waals surface area (Å²) in [5.41, 5.74) is 14.2. The van der Waals surface area contributed by atoms with Gasteiger partial charge in [-0.05, 0) is 31.2 Å². The molecule has 1 heterocycles. The lowest BCUT2D eigenvalue weighted by molar-refractivity contribution is 0.0601. The van der Waals surface area contributed by atoms with Gasteiger partial charge < -0.3 is 15.4 Å². The number of carbonyl (C=O) groups excluding carboxylic acids is 2. The summed E-state index contributed by atoms with van der Waals surface area (Å²) in [6.07, 6.45) is 1.31. The zero-order valence-electron chi connectivity index (χ0n) is 16.8. The second-order valence-corrected chi connectivity index (χ2v) is 6.47. The van der Waals surface area contributed by atoms with Crippen LogP contribution in [0.5, 0.6) is 0 Å². The normalized spacial score (nSPS) is 10.2. The molecular weight excluding hydrogens is 384 g/mol. The van der Waals surface area contributed by atoms with Gasteiger partial charge in [0.25, 0.3) is 5.91 Å². The van der Waals surface area contributed by atoms with Gasteiger partial charge >= 0.3 is 5.97 Å². The molecule has 1 amide bonds. The third-order valence-electron chi connectivity index (χ3n) is 4.46. The van der Waals surface area contributed by atoms with Gasteiger partial charge in [-0.15, -0.1) is 0 Å². The first kappa shape index (κ1) is 20.6. The van der Waals surface area contributed by atoms with Crippen molar-refractivity contribution in [2.24, 2.45) is 0 Å². The van der Waals surface area contributed by atoms with Gasteiger partial charge in [-0.2, -0.15) is 0 Å². The van der Waals surface area contributed by atoms with Crippen LogP contribution in [0.4, 0.5) is 23.0 Å². The summed E-state index contributed by atoms with van der Waals surface area (Å²) < 4.78 is 4.84. The highest BCUT2D eigenvalue weighted by Crippen LogP contribution is 2.32. The van der Waals surface area contributed by atoms with Gasteiger partial charge in [-0.25, -0.2) is 14.8 Å². The largest absolute Gasteiger partial charge is 0.465 e. The van der Waals surface area contributed by atoms with Crippen LogP contribution in [0, 0.1) is 6.92 Å². The number of benzene rings is 2. The summed E-state index contributed by atoms with van der Waals surface area (Å²) in [4.78, 5) is 34.4. The van der Waals surface area contributed by atoms with E-state index in [4.69, 9.17) is 10.5 Å². The van der Waals surface area contributed by atoms with E-state index in [1.807, 2.05) is 19.1 Å². The molecule has 0 saturated carbocycles. The van der Waals surface area contributed by atoms with Crippen LogP contribution in [0.3, 0.4) is 0 Å². The van der Waals surface area contributed by atoms with Crippen molar-refractivity contribution in [3.8, 4) is 0 Å². The number of hydrogen-bond acceptors (Lipinski definition) is 8. The Morgan fingerprint density at radius 1 is 1.07 bits per heavy atom. The number of nitrogens with zero attached hydrogens (tertiary/aromatic N) is 3. The Balaban J connectivity index is 1.82. The number of nitrogen functional groups attached to an aromatic ring is 1. The predicted octanol–water partition coefficient (Wildman–Crippen LogP) is 2.68. The molecule has 0 fully saturated rings. The molecule has 154 valence electrons. The molecule has 9 heteroatoms. The fourth-order valence-corrected chi connectivity index (χ4v) is 2.81. The number of para-hydroxylation sites is 1. The van der Waals surface area contributed by atoms with Crippen LogP contribution in [0.1, 0.15) is 26.3 Å². The number of hydrazine groups is 1. The Hall–Kier alpha value is -4.14. The van der Waals surface area contributed by atoms with Gasteiger partial charge in [-0.1, -0.05) is 29.8 Å². The van der Waals surface area contributed by atoms with Gasteiger partial charge in [0.15, 0.2) is 11.6 Å². The molecule has 2 aromatic carbocycles. The number of rotatable bonds is 6. The quantitative estimate of drug-likeness (QED) is 0.422. The smallest absolute Gasteiger partial charge is 0.339 e. The standard InChI is InChI=1S/C21H22N6O3/c1-13-8-10-14(11-9-13)20(28)26-25-18-17(22)19(24-12-23-18)27(2)16-7-5-4-6-15(16)21(29)30-3/h4-12H,22H2,1-3H3,(H,26,28)(H,23,24,25). The minimum absolute atomic E-state index is 0.198. The van der Waals surface area contributed by atoms with Gasteiger partial charge in [0.2, 0.25) is 0 Å². The van der Waals surface area contributed by atoms with Crippen molar-refractivity contribution in [2.75, 3.05) is 30.2 Å². The van der Waals surface area contributed by atoms with Gasteiger partial charge in [-0.3, -0.25) is 15.6 Å². The van der Waals surface area contributed by atoms with E-state index in [9.17, 15) is 9.59 Å². The van der Waals surface area contributed by atoms with E-state index in [1.54, 1.807) is 48.3 Å². The maximum absolute atomic E-state index is 12.3. The highest BCUT2D eigenvalue weighted by molar-refractivity contribution is 5.98. The molecule has 0 radical (unpaired) electrons. The van der Waals surface area contributed by atoms with Crippen molar-refractivity contribution in [1.82, 2.24) is 15.4 Å². The topological polar surface area (TPSA) is 122 Å². The van der Waals surface area contributed by atoms with Crippen molar-refractivity contribution in [2.45, 2.75) is 6.92 Å². The summed E-state index contributed by atoms with van der Waals surface area (Å²) in [6.45, 7) is 1.94. The summed E-state index contributed by atoms with van der Waals surface area (Å²) in [5, 5.41) is 0. The minimum atomic E-state index is -0.478. The van der Waals surface area contributed by atoms with Crippen molar-refractivity contribution >= 4 is 34.9 Å². The summed E-state index contributed by atoms with van der Waals surface area (Å²) in [5.74, 6) is -0.232. The minimum Gasteiger partial charge on any atom is -0.465 e. The fourth-order valence-electron chi connectivity index (χ4n) is 2.81. The lowest BCUT2D eigenvalue weighted by atomic mass is 10.1. The molecule has 0 saturated heterocycles. The summed E-state index contributed by atoms with van der Waals surface area (Å²) >= 11 is 0. The monoisotopic (exact) mass is 406 g/mol. The van der Waals surface area contributed by atoms with Crippen molar-refractivity contribution < 1.29 is 14.3 Å². The first-order valence-electron chi connectivity index (χ1n) is 9.07. The average Bonchev–Trinajstić information content (AvgIpc) is 2.77. The van der Waals surface area contributed by atoms with Crippen LogP contribution >= 0.6 is 0 Å². The number of aryl methyl sites for hydroxylation is 1. The number of amides is 1. The van der Waals surface area contributed by atoms with E-state index in [1.165, 1.54) is 13.4 Å². The summed E-state index contributed by atoms with van der Waals surface area (Å²) in [7, 11) is 3.03. The molecule has 3 rings (SSSR count). The van der Waals surface area contributed by atoms with Crippen molar-refractivity contribution in [1.29, 1.82) is 0 Å². The number of nitrogens with one attached hydrogen (secondary N) is 2. The third-order valence-corrected chi connectivity index (χ3v) is 4.46. The molecule has 0 aliphatic rings. The molecule has 4 N–H and O–H groups in total.